The van der Waals surface area contributed by atoms with Crippen LogP contribution in [0.5, 0.6) is 0 Å². The molecule has 0 aliphatic heterocycles. The van der Waals surface area contributed by atoms with Crippen LogP contribution < -0.4 is 11.1 Å². The Morgan fingerprint density at radius 3 is 2.79 bits per heavy atom. The Bertz CT molecular complexity index is 654. The molecule has 1 amide bonds. The average Bonchev–Trinajstić information content (AvgIpc) is 2.75. The van der Waals surface area contributed by atoms with E-state index in [1.807, 2.05) is 0 Å². The van der Waals surface area contributed by atoms with Crippen LogP contribution in [0.1, 0.15) is 10.5 Å². The maximum atomic E-state index is 11.8. The molecule has 19 heavy (non-hydrogen) atoms. The van der Waals surface area contributed by atoms with Gasteiger partial charge in [-0.25, -0.2) is 4.98 Å². The van der Waals surface area contributed by atoms with E-state index < -0.39 is 10.8 Å². The maximum absolute atomic E-state index is 11.8. The molecule has 0 fully saturated rings. The third-order valence-electron chi connectivity index (χ3n) is 2.19. The lowest BCUT2D eigenvalue weighted by molar-refractivity contribution is -0.384. The molecule has 2 rings (SSSR count). The van der Waals surface area contributed by atoms with Gasteiger partial charge in [0.05, 0.1) is 11.1 Å². The lowest BCUT2D eigenvalue weighted by atomic mass is 10.2. The monoisotopic (exact) mass is 281 g/mol. The quantitative estimate of drug-likeness (QED) is 0.584. The predicted octanol–water partition coefficient (Wildman–Crippen LogP) is 1.81. The van der Waals surface area contributed by atoms with E-state index in [9.17, 15) is 14.9 Å². The van der Waals surface area contributed by atoms with Gasteiger partial charge in [0, 0.05) is 22.8 Å². The first kappa shape index (κ1) is 12.8. The number of rotatable bonds is 3. The number of H-pyrrole nitrogens is 1. The Morgan fingerprint density at radius 1 is 1.47 bits per heavy atom. The second-order valence-corrected chi connectivity index (χ2v) is 4.03. The smallest absolute Gasteiger partial charge is 0.273 e. The van der Waals surface area contributed by atoms with Crippen molar-refractivity contribution in [3.8, 4) is 0 Å². The van der Waals surface area contributed by atoms with Crippen LogP contribution in [-0.4, -0.2) is 20.8 Å². The van der Waals surface area contributed by atoms with Gasteiger partial charge in [-0.3, -0.25) is 14.9 Å². The molecule has 2 aromatic rings. The molecule has 0 radical (unpaired) electrons. The predicted molar refractivity (Wildman–Crippen MR) is 69.1 cm³/mol. The highest BCUT2D eigenvalue weighted by Crippen LogP contribution is 2.24. The van der Waals surface area contributed by atoms with Gasteiger partial charge in [-0.15, -0.1) is 0 Å². The van der Waals surface area contributed by atoms with Gasteiger partial charge in [-0.2, -0.15) is 0 Å². The molecule has 0 saturated heterocycles. The first-order valence-electron chi connectivity index (χ1n) is 5.02. The summed E-state index contributed by atoms with van der Waals surface area (Å²) in [6.07, 6.45) is 1.25. The SMILES string of the molecule is Nc1ncc(C(=O)Nc2cc(Cl)cc([N+](=O)[O-])c2)[nH]1. The number of hydrogen-bond donors (Lipinski definition) is 3. The molecule has 0 aliphatic carbocycles. The Morgan fingerprint density at radius 2 is 2.21 bits per heavy atom. The minimum atomic E-state index is -0.601. The largest absolute Gasteiger partial charge is 0.369 e. The van der Waals surface area contributed by atoms with Crippen molar-refractivity contribution in [1.82, 2.24) is 9.97 Å². The van der Waals surface area contributed by atoms with Crippen LogP contribution in [0.4, 0.5) is 17.3 Å². The fourth-order valence-corrected chi connectivity index (χ4v) is 1.63. The van der Waals surface area contributed by atoms with Crippen molar-refractivity contribution in [2.45, 2.75) is 0 Å². The summed E-state index contributed by atoms with van der Waals surface area (Å²) in [6.45, 7) is 0. The Kier molecular flexibility index (Phi) is 3.34. The number of carbonyl (C=O) groups is 1. The molecule has 1 aromatic heterocycles. The first-order chi connectivity index (χ1) is 8.95. The minimum Gasteiger partial charge on any atom is -0.369 e. The van der Waals surface area contributed by atoms with Crippen LogP contribution in [0, 0.1) is 10.1 Å². The molecule has 0 spiro atoms. The van der Waals surface area contributed by atoms with E-state index in [2.05, 4.69) is 15.3 Å². The third kappa shape index (κ3) is 2.99. The molecule has 0 bridgehead atoms. The fourth-order valence-electron chi connectivity index (χ4n) is 1.40. The zero-order valence-corrected chi connectivity index (χ0v) is 10.1. The Balaban J connectivity index is 2.23. The third-order valence-corrected chi connectivity index (χ3v) is 2.41. The van der Waals surface area contributed by atoms with Crippen LogP contribution in [0.15, 0.2) is 24.4 Å². The van der Waals surface area contributed by atoms with Crippen LogP contribution in [0.3, 0.4) is 0 Å². The van der Waals surface area contributed by atoms with Crippen LogP contribution in [0.25, 0.3) is 0 Å². The number of nitrogen functional groups attached to an aromatic ring is 1. The highest BCUT2D eigenvalue weighted by Gasteiger charge is 2.13. The van der Waals surface area contributed by atoms with Crippen molar-refractivity contribution in [2.75, 3.05) is 11.1 Å². The standard InChI is InChI=1S/C10H8ClN5O3/c11-5-1-6(3-7(2-5)16(18)19)14-9(17)8-4-13-10(12)15-8/h1-4H,(H,14,17)(H3,12,13,15). The van der Waals surface area contributed by atoms with Gasteiger partial charge in [0.15, 0.2) is 5.95 Å². The van der Waals surface area contributed by atoms with Gasteiger partial charge < -0.3 is 16.0 Å². The molecule has 0 saturated carbocycles. The summed E-state index contributed by atoms with van der Waals surface area (Å²) < 4.78 is 0. The van der Waals surface area contributed by atoms with E-state index in [1.165, 1.54) is 24.4 Å². The summed E-state index contributed by atoms with van der Waals surface area (Å²) in [5.74, 6) is -0.428. The molecule has 9 heteroatoms. The highest BCUT2D eigenvalue weighted by atomic mass is 35.5. The number of aromatic nitrogens is 2. The molecule has 8 nitrogen and oxygen atoms in total. The number of carbonyl (C=O) groups excluding carboxylic acids is 1. The zero-order valence-electron chi connectivity index (χ0n) is 9.38. The summed E-state index contributed by atoms with van der Waals surface area (Å²) in [6, 6.07) is 3.78. The van der Waals surface area contributed by atoms with Gasteiger partial charge in [-0.05, 0) is 6.07 Å². The van der Waals surface area contributed by atoms with E-state index in [0.29, 0.717) is 0 Å². The van der Waals surface area contributed by atoms with Gasteiger partial charge in [0.2, 0.25) is 0 Å². The number of aromatic amines is 1. The lowest BCUT2D eigenvalue weighted by Crippen LogP contribution is -2.12. The summed E-state index contributed by atoms with van der Waals surface area (Å²) in [5, 5.41) is 13.3. The number of nitro benzene ring substituents is 1. The summed E-state index contributed by atoms with van der Waals surface area (Å²) in [5.41, 5.74) is 5.47. The number of nitrogens with zero attached hydrogens (tertiary/aromatic N) is 2. The van der Waals surface area contributed by atoms with E-state index in [4.69, 9.17) is 17.3 Å². The molecule has 0 unspecified atom stereocenters. The minimum absolute atomic E-state index is 0.0993. The van der Waals surface area contributed by atoms with E-state index in [0.717, 1.165) is 0 Å². The number of nitrogens with one attached hydrogen (secondary N) is 2. The van der Waals surface area contributed by atoms with Crippen LogP contribution >= 0.6 is 11.6 Å². The van der Waals surface area contributed by atoms with Gasteiger partial charge in [0.25, 0.3) is 11.6 Å². The van der Waals surface area contributed by atoms with E-state index in [-0.39, 0.29) is 28.0 Å². The second-order valence-electron chi connectivity index (χ2n) is 3.59. The zero-order chi connectivity index (χ0) is 14.0. The number of halogens is 1. The molecule has 98 valence electrons. The fraction of sp³-hybridized carbons (Fsp3) is 0. The van der Waals surface area contributed by atoms with Gasteiger partial charge >= 0.3 is 0 Å². The second kappa shape index (κ2) is 4.94. The van der Waals surface area contributed by atoms with Crippen LogP contribution in [-0.2, 0) is 0 Å². The van der Waals surface area contributed by atoms with Gasteiger partial charge in [0.1, 0.15) is 5.69 Å². The number of hydrogen-bond acceptors (Lipinski definition) is 5. The van der Waals surface area contributed by atoms with E-state index >= 15 is 0 Å². The molecule has 0 aliphatic rings. The molecule has 1 heterocycles. The van der Waals surface area contributed by atoms with Crippen molar-refractivity contribution in [2.24, 2.45) is 0 Å². The molecule has 0 atom stereocenters. The topological polar surface area (TPSA) is 127 Å². The normalized spacial score (nSPS) is 10.2. The number of anilines is 2. The maximum Gasteiger partial charge on any atom is 0.273 e. The van der Waals surface area contributed by atoms with Crippen molar-refractivity contribution in [3.63, 3.8) is 0 Å². The highest BCUT2D eigenvalue weighted by molar-refractivity contribution is 6.31. The van der Waals surface area contributed by atoms with Crippen LogP contribution in [0.2, 0.25) is 5.02 Å². The number of amides is 1. The number of imidazole rings is 1. The number of benzene rings is 1. The van der Waals surface area contributed by atoms with Gasteiger partial charge in [-0.1, -0.05) is 11.6 Å². The molecule has 4 N–H and O–H groups in total. The molecular weight excluding hydrogens is 274 g/mol. The van der Waals surface area contributed by atoms with Crippen molar-refractivity contribution >= 4 is 34.8 Å². The average molecular weight is 282 g/mol. The lowest BCUT2D eigenvalue weighted by Gasteiger charge is -2.04. The van der Waals surface area contributed by atoms with E-state index in [1.54, 1.807) is 0 Å². The van der Waals surface area contributed by atoms with Crippen molar-refractivity contribution < 1.29 is 9.72 Å². The number of nitrogens with two attached hydrogens (primary N) is 1. The Hall–Kier alpha value is -2.61. The van der Waals surface area contributed by atoms with Crippen molar-refractivity contribution in [3.05, 3.63) is 45.2 Å². The number of non-ortho nitro benzene ring substituents is 1. The first-order valence-corrected chi connectivity index (χ1v) is 5.40. The Labute approximate surface area is 111 Å². The summed E-state index contributed by atoms with van der Waals surface area (Å²) in [4.78, 5) is 28.0. The number of nitro groups is 1. The molecular formula is C10H8ClN5O3. The summed E-state index contributed by atoms with van der Waals surface area (Å²) >= 11 is 5.73. The summed E-state index contributed by atoms with van der Waals surface area (Å²) in [7, 11) is 0. The molecule has 1 aromatic carbocycles. The van der Waals surface area contributed by atoms with Crippen molar-refractivity contribution in [1.29, 1.82) is 0 Å².